The summed E-state index contributed by atoms with van der Waals surface area (Å²) in [7, 11) is 0. The number of pyridine rings is 1. The zero-order chi connectivity index (χ0) is 15.3. The highest BCUT2D eigenvalue weighted by molar-refractivity contribution is 6.17. The second-order valence-electron chi connectivity index (χ2n) is 6.52. The predicted octanol–water partition coefficient (Wildman–Crippen LogP) is 4.82. The molecule has 0 amide bonds. The van der Waals surface area contributed by atoms with Crippen molar-refractivity contribution < 1.29 is 0 Å². The highest BCUT2D eigenvalue weighted by Crippen LogP contribution is 2.28. The third-order valence-corrected chi connectivity index (χ3v) is 4.13. The lowest BCUT2D eigenvalue weighted by Gasteiger charge is -2.26. The molecule has 0 fully saturated rings. The van der Waals surface area contributed by atoms with Crippen molar-refractivity contribution in [3.63, 3.8) is 0 Å². The van der Waals surface area contributed by atoms with E-state index in [1.165, 1.54) is 25.7 Å². The van der Waals surface area contributed by atoms with Crippen LogP contribution in [0.2, 0.25) is 0 Å². The highest BCUT2D eigenvalue weighted by Gasteiger charge is 2.22. The van der Waals surface area contributed by atoms with Crippen LogP contribution >= 0.6 is 11.6 Å². The first-order valence-corrected chi connectivity index (χ1v) is 8.47. The Balaban J connectivity index is 2.24. The number of unbranched alkanes of at least 4 members (excludes halogenated alkanes) is 2. The zero-order valence-corrected chi connectivity index (χ0v) is 14.2. The molecule has 0 N–H and O–H groups in total. The molecular weight excluding hydrogens is 282 g/mol. The summed E-state index contributed by atoms with van der Waals surface area (Å²) >= 11 is 5.94. The molecule has 0 aliphatic rings. The van der Waals surface area contributed by atoms with Gasteiger partial charge in [0.25, 0.3) is 0 Å². The van der Waals surface area contributed by atoms with Gasteiger partial charge in [-0.05, 0) is 24.0 Å². The summed E-state index contributed by atoms with van der Waals surface area (Å²) in [6.07, 6.45) is 7.73. The molecule has 116 valence electrons. The van der Waals surface area contributed by atoms with Crippen LogP contribution in [-0.2, 0) is 13.0 Å². The van der Waals surface area contributed by atoms with Gasteiger partial charge in [0.05, 0.1) is 0 Å². The van der Waals surface area contributed by atoms with E-state index in [0.29, 0.717) is 5.88 Å². The molecule has 2 aromatic rings. The lowest BCUT2D eigenvalue weighted by molar-refractivity contribution is 0.271. The number of alkyl halides is 1. The Bertz CT molecular complexity index is 574. The summed E-state index contributed by atoms with van der Waals surface area (Å²) in [6, 6.07) is 3.97. The summed E-state index contributed by atoms with van der Waals surface area (Å²) in [6.45, 7) is 7.87. The van der Waals surface area contributed by atoms with Gasteiger partial charge in [0.2, 0.25) is 0 Å². The fourth-order valence-electron chi connectivity index (χ4n) is 2.81. The average molecular weight is 308 g/mol. The minimum atomic E-state index is 0.251. The first-order chi connectivity index (χ1) is 10.1. The smallest absolute Gasteiger partial charge is 0.160 e. The second-order valence-corrected chi connectivity index (χ2v) is 6.90. The number of hydrogen-bond acceptors (Lipinski definition) is 2. The van der Waals surface area contributed by atoms with Crippen LogP contribution in [0.4, 0.5) is 0 Å². The molecule has 0 saturated heterocycles. The molecule has 0 spiro atoms. The van der Waals surface area contributed by atoms with Crippen molar-refractivity contribution in [3.8, 4) is 0 Å². The van der Waals surface area contributed by atoms with Gasteiger partial charge in [-0.25, -0.2) is 9.97 Å². The standard InChI is InChI=1S/C17H26ClN3/c1-4-5-6-10-17(2,3)13-21-15(9-11-18)20-14-8-7-12-19-16(14)21/h7-8,12H,4-6,9-11,13H2,1-3H3. The van der Waals surface area contributed by atoms with Gasteiger partial charge in [0, 0.05) is 25.0 Å². The molecule has 0 saturated carbocycles. The van der Waals surface area contributed by atoms with Crippen LogP contribution in [-0.4, -0.2) is 20.4 Å². The van der Waals surface area contributed by atoms with Gasteiger partial charge in [-0.3, -0.25) is 0 Å². The average Bonchev–Trinajstić information content (AvgIpc) is 2.77. The molecular formula is C17H26ClN3. The van der Waals surface area contributed by atoms with E-state index in [0.717, 1.165) is 30.0 Å². The highest BCUT2D eigenvalue weighted by atomic mass is 35.5. The van der Waals surface area contributed by atoms with Gasteiger partial charge in [-0.1, -0.05) is 40.0 Å². The Morgan fingerprint density at radius 1 is 1.29 bits per heavy atom. The van der Waals surface area contributed by atoms with E-state index in [4.69, 9.17) is 16.6 Å². The molecule has 4 heteroatoms. The lowest BCUT2D eigenvalue weighted by atomic mass is 9.86. The van der Waals surface area contributed by atoms with Gasteiger partial charge in [-0.15, -0.1) is 11.6 Å². The van der Waals surface area contributed by atoms with Crippen molar-refractivity contribution in [2.75, 3.05) is 5.88 Å². The van der Waals surface area contributed by atoms with E-state index in [-0.39, 0.29) is 5.41 Å². The molecule has 0 aliphatic heterocycles. The quantitative estimate of drug-likeness (QED) is 0.517. The summed E-state index contributed by atoms with van der Waals surface area (Å²) in [4.78, 5) is 9.22. The molecule has 2 rings (SSSR count). The Kier molecular flexibility index (Phi) is 5.63. The molecule has 0 aromatic carbocycles. The van der Waals surface area contributed by atoms with Crippen LogP contribution in [0.3, 0.4) is 0 Å². The molecule has 0 aliphatic carbocycles. The van der Waals surface area contributed by atoms with E-state index in [9.17, 15) is 0 Å². The molecule has 0 atom stereocenters. The second kappa shape index (κ2) is 7.26. The third kappa shape index (κ3) is 4.19. The number of nitrogens with zero attached hydrogens (tertiary/aromatic N) is 3. The van der Waals surface area contributed by atoms with Gasteiger partial charge in [-0.2, -0.15) is 0 Å². The van der Waals surface area contributed by atoms with Crippen LogP contribution in [0, 0.1) is 5.41 Å². The van der Waals surface area contributed by atoms with Gasteiger partial charge in [0.15, 0.2) is 5.65 Å². The van der Waals surface area contributed by atoms with E-state index in [1.54, 1.807) is 0 Å². The first-order valence-electron chi connectivity index (χ1n) is 7.93. The molecule has 0 radical (unpaired) electrons. The van der Waals surface area contributed by atoms with Crippen molar-refractivity contribution in [3.05, 3.63) is 24.2 Å². The largest absolute Gasteiger partial charge is 0.312 e. The molecule has 2 aromatic heterocycles. The van der Waals surface area contributed by atoms with Crippen LogP contribution in [0.1, 0.15) is 52.3 Å². The Morgan fingerprint density at radius 3 is 2.81 bits per heavy atom. The predicted molar refractivity (Wildman–Crippen MR) is 89.9 cm³/mol. The topological polar surface area (TPSA) is 30.7 Å². The summed E-state index contributed by atoms with van der Waals surface area (Å²) in [5.74, 6) is 1.65. The van der Waals surface area contributed by atoms with Crippen LogP contribution in [0.25, 0.3) is 11.2 Å². The minimum absolute atomic E-state index is 0.251. The molecule has 3 nitrogen and oxygen atoms in total. The summed E-state index contributed by atoms with van der Waals surface area (Å²) < 4.78 is 2.27. The number of aromatic nitrogens is 3. The Morgan fingerprint density at radius 2 is 2.10 bits per heavy atom. The van der Waals surface area contributed by atoms with Crippen molar-refractivity contribution in [2.45, 2.75) is 59.4 Å². The number of fused-ring (bicyclic) bond motifs is 1. The molecule has 0 unspecified atom stereocenters. The fraction of sp³-hybridized carbons (Fsp3) is 0.647. The van der Waals surface area contributed by atoms with Gasteiger partial charge < -0.3 is 4.57 Å². The van der Waals surface area contributed by atoms with Crippen LogP contribution in [0.5, 0.6) is 0 Å². The van der Waals surface area contributed by atoms with E-state index < -0.39 is 0 Å². The van der Waals surface area contributed by atoms with Crippen molar-refractivity contribution in [1.82, 2.24) is 14.5 Å². The first kappa shape index (κ1) is 16.3. The minimum Gasteiger partial charge on any atom is -0.312 e. The van der Waals surface area contributed by atoms with E-state index in [2.05, 4.69) is 30.3 Å². The number of rotatable bonds is 8. The maximum absolute atomic E-state index is 5.94. The zero-order valence-electron chi connectivity index (χ0n) is 13.4. The fourth-order valence-corrected chi connectivity index (χ4v) is 2.98. The SMILES string of the molecule is CCCCCC(C)(C)Cn1c(CCCl)nc2cccnc21. The van der Waals surface area contributed by atoms with Crippen molar-refractivity contribution >= 4 is 22.8 Å². The van der Waals surface area contributed by atoms with E-state index in [1.807, 2.05) is 18.3 Å². The molecule has 0 bridgehead atoms. The monoisotopic (exact) mass is 307 g/mol. The van der Waals surface area contributed by atoms with Crippen molar-refractivity contribution in [1.29, 1.82) is 0 Å². The number of halogens is 1. The maximum atomic E-state index is 5.94. The van der Waals surface area contributed by atoms with Crippen molar-refractivity contribution in [2.24, 2.45) is 5.41 Å². The maximum Gasteiger partial charge on any atom is 0.160 e. The summed E-state index contributed by atoms with van der Waals surface area (Å²) in [5.41, 5.74) is 2.21. The Hall–Kier alpha value is -1.09. The van der Waals surface area contributed by atoms with Crippen LogP contribution < -0.4 is 0 Å². The number of imidazole rings is 1. The third-order valence-electron chi connectivity index (χ3n) is 3.94. The van der Waals surface area contributed by atoms with E-state index >= 15 is 0 Å². The number of aryl methyl sites for hydroxylation is 1. The van der Waals surface area contributed by atoms with Gasteiger partial charge >= 0.3 is 0 Å². The summed E-state index contributed by atoms with van der Waals surface area (Å²) in [5, 5.41) is 0. The van der Waals surface area contributed by atoms with Gasteiger partial charge in [0.1, 0.15) is 11.3 Å². The molecule has 2 heterocycles. The lowest BCUT2D eigenvalue weighted by Crippen LogP contribution is -2.21. The normalized spacial score (nSPS) is 12.2. The Labute approximate surface area is 132 Å². The number of hydrogen-bond donors (Lipinski definition) is 0. The molecule has 21 heavy (non-hydrogen) atoms. The van der Waals surface area contributed by atoms with Crippen LogP contribution in [0.15, 0.2) is 18.3 Å².